The van der Waals surface area contributed by atoms with E-state index < -0.39 is 0 Å². The standard InChI is InChI=1S/C17H22N2O/c1-18-16-10-15(12-6-3-4-7-12)19-17-13(11-20-2)8-5-9-14(16)17/h5,8-10,12H,3-4,6-7,11H2,1-2H3,(H,18,19). The van der Waals surface area contributed by atoms with Gasteiger partial charge < -0.3 is 10.1 Å². The zero-order chi connectivity index (χ0) is 13.9. The van der Waals surface area contributed by atoms with Gasteiger partial charge in [-0.05, 0) is 18.9 Å². The Bertz CT molecular complexity index is 603. The molecule has 1 aromatic carbocycles. The van der Waals surface area contributed by atoms with E-state index in [-0.39, 0.29) is 0 Å². The summed E-state index contributed by atoms with van der Waals surface area (Å²) in [6.45, 7) is 0.613. The monoisotopic (exact) mass is 270 g/mol. The molecule has 0 spiro atoms. The fourth-order valence-corrected chi connectivity index (χ4v) is 3.24. The SMILES string of the molecule is CNc1cc(C2CCCC2)nc2c(COC)cccc12. The Morgan fingerprint density at radius 2 is 2.10 bits per heavy atom. The van der Waals surface area contributed by atoms with E-state index in [1.807, 2.05) is 7.05 Å². The van der Waals surface area contributed by atoms with Crippen LogP contribution in [0.1, 0.15) is 42.9 Å². The maximum atomic E-state index is 5.31. The first-order chi connectivity index (χ1) is 9.83. The molecule has 20 heavy (non-hydrogen) atoms. The number of ether oxygens (including phenoxy) is 1. The van der Waals surface area contributed by atoms with Crippen molar-refractivity contribution in [1.29, 1.82) is 0 Å². The fourth-order valence-electron chi connectivity index (χ4n) is 3.24. The lowest BCUT2D eigenvalue weighted by atomic mass is 10.00. The Morgan fingerprint density at radius 3 is 2.80 bits per heavy atom. The number of benzene rings is 1. The van der Waals surface area contributed by atoms with Crippen LogP contribution < -0.4 is 5.32 Å². The summed E-state index contributed by atoms with van der Waals surface area (Å²) in [6, 6.07) is 8.55. The molecule has 0 unspecified atom stereocenters. The minimum Gasteiger partial charge on any atom is -0.388 e. The molecule has 0 radical (unpaired) electrons. The van der Waals surface area contributed by atoms with Crippen LogP contribution in [0, 0.1) is 0 Å². The van der Waals surface area contributed by atoms with Gasteiger partial charge in [-0.25, -0.2) is 0 Å². The topological polar surface area (TPSA) is 34.2 Å². The summed E-state index contributed by atoms with van der Waals surface area (Å²) in [4.78, 5) is 4.96. The van der Waals surface area contributed by atoms with Crippen molar-refractivity contribution in [3.63, 3.8) is 0 Å². The smallest absolute Gasteiger partial charge is 0.0781 e. The van der Waals surface area contributed by atoms with Gasteiger partial charge in [0.15, 0.2) is 0 Å². The summed E-state index contributed by atoms with van der Waals surface area (Å²) in [7, 11) is 3.72. The van der Waals surface area contributed by atoms with Crippen molar-refractivity contribution >= 4 is 16.6 Å². The highest BCUT2D eigenvalue weighted by Crippen LogP contribution is 2.36. The Labute approximate surface area is 120 Å². The molecule has 1 N–H and O–H groups in total. The first kappa shape index (κ1) is 13.4. The molecule has 3 heteroatoms. The number of hydrogen-bond donors (Lipinski definition) is 1. The number of anilines is 1. The summed E-state index contributed by atoms with van der Waals surface area (Å²) in [5.74, 6) is 0.627. The predicted octanol–water partition coefficient (Wildman–Crippen LogP) is 4.08. The van der Waals surface area contributed by atoms with Crippen LogP contribution in [0.25, 0.3) is 10.9 Å². The van der Waals surface area contributed by atoms with Gasteiger partial charge in [-0.2, -0.15) is 0 Å². The van der Waals surface area contributed by atoms with Crippen LogP contribution >= 0.6 is 0 Å². The maximum Gasteiger partial charge on any atom is 0.0781 e. The van der Waals surface area contributed by atoms with Crippen LogP contribution in [0.4, 0.5) is 5.69 Å². The molecule has 1 aromatic heterocycles. The van der Waals surface area contributed by atoms with Crippen LogP contribution in [0.5, 0.6) is 0 Å². The minimum atomic E-state index is 0.613. The Balaban J connectivity index is 2.15. The van der Waals surface area contributed by atoms with Crippen molar-refractivity contribution in [3.8, 4) is 0 Å². The average molecular weight is 270 g/mol. The summed E-state index contributed by atoms with van der Waals surface area (Å²) < 4.78 is 5.31. The van der Waals surface area contributed by atoms with E-state index in [9.17, 15) is 0 Å². The first-order valence-electron chi connectivity index (χ1n) is 7.42. The van der Waals surface area contributed by atoms with Crippen molar-refractivity contribution in [2.24, 2.45) is 0 Å². The van der Waals surface area contributed by atoms with Gasteiger partial charge in [0.2, 0.25) is 0 Å². The molecule has 1 heterocycles. The van der Waals surface area contributed by atoms with E-state index in [1.165, 1.54) is 48.0 Å². The van der Waals surface area contributed by atoms with Crippen molar-refractivity contribution in [2.45, 2.75) is 38.2 Å². The largest absolute Gasteiger partial charge is 0.388 e. The summed E-state index contributed by atoms with van der Waals surface area (Å²) in [6.07, 6.45) is 5.21. The molecule has 1 saturated carbocycles. The molecular formula is C17H22N2O. The molecule has 0 aliphatic heterocycles. The lowest BCUT2D eigenvalue weighted by Gasteiger charge is -2.15. The molecule has 106 valence electrons. The highest BCUT2D eigenvalue weighted by atomic mass is 16.5. The fraction of sp³-hybridized carbons (Fsp3) is 0.471. The minimum absolute atomic E-state index is 0.613. The molecule has 0 bridgehead atoms. The zero-order valence-corrected chi connectivity index (χ0v) is 12.3. The molecule has 3 rings (SSSR count). The van der Waals surface area contributed by atoms with Crippen molar-refractivity contribution in [1.82, 2.24) is 4.98 Å². The molecular weight excluding hydrogens is 248 g/mol. The number of aromatic nitrogens is 1. The van der Waals surface area contributed by atoms with Crippen LogP contribution in [-0.2, 0) is 11.3 Å². The molecule has 0 atom stereocenters. The molecule has 2 aromatic rings. The van der Waals surface area contributed by atoms with E-state index in [0.29, 0.717) is 12.5 Å². The van der Waals surface area contributed by atoms with Crippen molar-refractivity contribution in [3.05, 3.63) is 35.5 Å². The molecule has 0 saturated heterocycles. The lowest BCUT2D eigenvalue weighted by Crippen LogP contribution is -2.02. The zero-order valence-electron chi connectivity index (χ0n) is 12.3. The number of nitrogens with zero attached hydrogens (tertiary/aromatic N) is 1. The van der Waals surface area contributed by atoms with Crippen LogP contribution in [0.15, 0.2) is 24.3 Å². The second kappa shape index (κ2) is 5.80. The number of nitrogens with one attached hydrogen (secondary N) is 1. The van der Waals surface area contributed by atoms with E-state index in [2.05, 4.69) is 29.6 Å². The Kier molecular flexibility index (Phi) is 3.88. The summed E-state index contributed by atoms with van der Waals surface area (Å²) in [5.41, 5.74) is 4.67. The van der Waals surface area contributed by atoms with Crippen LogP contribution in [0.2, 0.25) is 0 Å². The van der Waals surface area contributed by atoms with Gasteiger partial charge in [0, 0.05) is 42.4 Å². The summed E-state index contributed by atoms with van der Waals surface area (Å²) >= 11 is 0. The number of methoxy groups -OCH3 is 1. The third-order valence-electron chi connectivity index (χ3n) is 4.29. The lowest BCUT2D eigenvalue weighted by molar-refractivity contribution is 0.186. The maximum absolute atomic E-state index is 5.31. The van der Waals surface area contributed by atoms with E-state index in [4.69, 9.17) is 9.72 Å². The molecule has 3 nitrogen and oxygen atoms in total. The van der Waals surface area contributed by atoms with Gasteiger partial charge >= 0.3 is 0 Å². The second-order valence-electron chi connectivity index (χ2n) is 5.57. The predicted molar refractivity (Wildman–Crippen MR) is 83.2 cm³/mol. The van der Waals surface area contributed by atoms with Crippen LogP contribution in [0.3, 0.4) is 0 Å². The number of pyridine rings is 1. The van der Waals surface area contributed by atoms with Crippen molar-refractivity contribution < 1.29 is 4.74 Å². The first-order valence-corrected chi connectivity index (χ1v) is 7.42. The molecule has 1 aliphatic carbocycles. The van der Waals surface area contributed by atoms with Crippen molar-refractivity contribution in [2.75, 3.05) is 19.5 Å². The number of fused-ring (bicyclic) bond motifs is 1. The Hall–Kier alpha value is -1.61. The van der Waals surface area contributed by atoms with Gasteiger partial charge in [-0.15, -0.1) is 0 Å². The van der Waals surface area contributed by atoms with Gasteiger partial charge in [0.1, 0.15) is 0 Å². The van der Waals surface area contributed by atoms with Gasteiger partial charge in [-0.3, -0.25) is 4.98 Å². The van der Waals surface area contributed by atoms with E-state index >= 15 is 0 Å². The molecule has 1 aliphatic rings. The Morgan fingerprint density at radius 1 is 1.30 bits per heavy atom. The average Bonchev–Trinajstić information content (AvgIpc) is 3.01. The number of hydrogen-bond acceptors (Lipinski definition) is 3. The van der Waals surface area contributed by atoms with Gasteiger partial charge in [-0.1, -0.05) is 31.0 Å². The van der Waals surface area contributed by atoms with Crippen LogP contribution in [-0.4, -0.2) is 19.1 Å². The summed E-state index contributed by atoms with van der Waals surface area (Å²) in [5, 5.41) is 4.51. The highest BCUT2D eigenvalue weighted by molar-refractivity contribution is 5.93. The number of para-hydroxylation sites is 1. The van der Waals surface area contributed by atoms with Gasteiger partial charge in [0.25, 0.3) is 0 Å². The third-order valence-corrected chi connectivity index (χ3v) is 4.29. The number of rotatable bonds is 4. The highest BCUT2D eigenvalue weighted by Gasteiger charge is 2.20. The molecule has 0 amide bonds. The van der Waals surface area contributed by atoms with E-state index in [1.54, 1.807) is 7.11 Å². The third kappa shape index (κ3) is 2.38. The second-order valence-corrected chi connectivity index (χ2v) is 5.57. The molecule has 1 fully saturated rings. The van der Waals surface area contributed by atoms with E-state index in [0.717, 1.165) is 5.52 Å². The quantitative estimate of drug-likeness (QED) is 0.909. The van der Waals surface area contributed by atoms with Gasteiger partial charge in [0.05, 0.1) is 12.1 Å². The normalized spacial score (nSPS) is 15.9.